The molecule has 0 heterocycles. The molecule has 0 aliphatic carbocycles. The first kappa shape index (κ1) is 12.8. The van der Waals surface area contributed by atoms with Gasteiger partial charge in [-0.25, -0.2) is 0 Å². The number of rotatable bonds is 5. The lowest BCUT2D eigenvalue weighted by Crippen LogP contribution is -2.21. The molecular formula is C11H15Cl2NO. The zero-order chi connectivity index (χ0) is 11.3. The van der Waals surface area contributed by atoms with Crippen molar-refractivity contribution in [1.82, 2.24) is 5.48 Å². The summed E-state index contributed by atoms with van der Waals surface area (Å²) in [6.45, 7) is 4.66. The molecule has 4 heteroatoms. The predicted molar refractivity (Wildman–Crippen MR) is 64.3 cm³/mol. The van der Waals surface area contributed by atoms with Crippen LogP contribution in [0.2, 0.25) is 10.0 Å². The van der Waals surface area contributed by atoms with Crippen molar-refractivity contribution in [1.29, 1.82) is 0 Å². The fourth-order valence-electron chi connectivity index (χ4n) is 1.30. The molecule has 0 bridgehead atoms. The molecule has 1 atom stereocenters. The molecule has 0 spiro atoms. The summed E-state index contributed by atoms with van der Waals surface area (Å²) in [6, 6.07) is 5.77. The highest BCUT2D eigenvalue weighted by Crippen LogP contribution is 2.26. The third-order valence-electron chi connectivity index (χ3n) is 2.12. The maximum atomic E-state index is 5.95. The minimum absolute atomic E-state index is 0.153. The molecule has 15 heavy (non-hydrogen) atoms. The van der Waals surface area contributed by atoms with Gasteiger partial charge in [0.2, 0.25) is 0 Å². The zero-order valence-electron chi connectivity index (χ0n) is 8.89. The Morgan fingerprint density at radius 3 is 2.53 bits per heavy atom. The summed E-state index contributed by atoms with van der Waals surface area (Å²) in [6.07, 6.45) is 0.929. The first-order valence-electron chi connectivity index (χ1n) is 5.01. The highest BCUT2D eigenvalue weighted by molar-refractivity contribution is 6.42. The van der Waals surface area contributed by atoms with Gasteiger partial charge in [-0.2, -0.15) is 5.48 Å². The first-order valence-corrected chi connectivity index (χ1v) is 5.76. The number of hydrogen-bond acceptors (Lipinski definition) is 2. The van der Waals surface area contributed by atoms with Crippen LogP contribution in [0.4, 0.5) is 0 Å². The van der Waals surface area contributed by atoms with Crippen LogP contribution in [0.3, 0.4) is 0 Å². The molecule has 0 aliphatic rings. The van der Waals surface area contributed by atoms with Crippen LogP contribution < -0.4 is 5.48 Å². The van der Waals surface area contributed by atoms with Crippen LogP contribution in [-0.4, -0.2) is 6.61 Å². The standard InChI is InChI=1S/C11H15Cl2NO/c1-3-11(14-15-4-2)8-5-6-9(12)10(13)7-8/h5-7,11,14H,3-4H2,1-2H3. The van der Waals surface area contributed by atoms with Gasteiger partial charge in [0.25, 0.3) is 0 Å². The Hall–Kier alpha value is -0.280. The van der Waals surface area contributed by atoms with Crippen LogP contribution in [0.5, 0.6) is 0 Å². The van der Waals surface area contributed by atoms with Crippen LogP contribution in [-0.2, 0) is 4.84 Å². The van der Waals surface area contributed by atoms with Gasteiger partial charge in [0.15, 0.2) is 0 Å². The Morgan fingerprint density at radius 1 is 1.27 bits per heavy atom. The molecule has 1 unspecified atom stereocenters. The summed E-state index contributed by atoms with van der Waals surface area (Å²) in [4.78, 5) is 5.18. The van der Waals surface area contributed by atoms with Gasteiger partial charge in [0.05, 0.1) is 22.7 Å². The lowest BCUT2D eigenvalue weighted by Gasteiger charge is -2.16. The first-order chi connectivity index (χ1) is 7.19. The molecule has 0 radical (unpaired) electrons. The number of benzene rings is 1. The Morgan fingerprint density at radius 2 is 2.00 bits per heavy atom. The molecule has 1 rings (SSSR count). The van der Waals surface area contributed by atoms with E-state index in [1.807, 2.05) is 19.1 Å². The van der Waals surface area contributed by atoms with Crippen LogP contribution in [0.1, 0.15) is 31.9 Å². The van der Waals surface area contributed by atoms with Crippen LogP contribution >= 0.6 is 23.2 Å². The Kier molecular flexibility index (Phi) is 5.40. The van der Waals surface area contributed by atoms with E-state index in [4.69, 9.17) is 28.0 Å². The largest absolute Gasteiger partial charge is 0.302 e. The topological polar surface area (TPSA) is 21.3 Å². The summed E-state index contributed by atoms with van der Waals surface area (Å²) in [7, 11) is 0. The van der Waals surface area contributed by atoms with E-state index in [0.29, 0.717) is 16.7 Å². The van der Waals surface area contributed by atoms with Gasteiger partial charge in [-0.1, -0.05) is 36.2 Å². The quantitative estimate of drug-likeness (QED) is 0.795. The molecule has 1 aromatic carbocycles. The molecule has 0 aromatic heterocycles. The van der Waals surface area contributed by atoms with Crippen molar-refractivity contribution in [2.24, 2.45) is 0 Å². The van der Waals surface area contributed by atoms with Gasteiger partial charge < -0.3 is 4.84 Å². The van der Waals surface area contributed by atoms with Gasteiger partial charge >= 0.3 is 0 Å². The summed E-state index contributed by atoms with van der Waals surface area (Å²) in [5.41, 5.74) is 4.06. The number of nitrogens with one attached hydrogen (secondary N) is 1. The van der Waals surface area contributed by atoms with Gasteiger partial charge in [0, 0.05) is 0 Å². The smallest absolute Gasteiger partial charge is 0.0654 e. The van der Waals surface area contributed by atoms with Gasteiger partial charge in [-0.3, -0.25) is 0 Å². The van der Waals surface area contributed by atoms with Crippen molar-refractivity contribution in [3.05, 3.63) is 33.8 Å². The summed E-state index contributed by atoms with van der Waals surface area (Å²) in [5.74, 6) is 0. The van der Waals surface area contributed by atoms with Gasteiger partial charge in [0.1, 0.15) is 0 Å². The molecule has 0 aliphatic heterocycles. The second kappa shape index (κ2) is 6.33. The van der Waals surface area contributed by atoms with Crippen molar-refractivity contribution in [2.75, 3.05) is 6.61 Å². The van der Waals surface area contributed by atoms with Crippen molar-refractivity contribution >= 4 is 23.2 Å². The Labute approximate surface area is 100 Å². The second-order valence-corrected chi connectivity index (χ2v) is 4.00. The number of hydroxylamine groups is 1. The average Bonchev–Trinajstić information content (AvgIpc) is 2.24. The van der Waals surface area contributed by atoms with E-state index in [-0.39, 0.29) is 6.04 Å². The highest BCUT2D eigenvalue weighted by Gasteiger charge is 2.10. The van der Waals surface area contributed by atoms with E-state index in [2.05, 4.69) is 12.4 Å². The van der Waals surface area contributed by atoms with Crippen LogP contribution in [0.25, 0.3) is 0 Å². The van der Waals surface area contributed by atoms with E-state index >= 15 is 0 Å². The fraction of sp³-hybridized carbons (Fsp3) is 0.455. The second-order valence-electron chi connectivity index (χ2n) is 3.19. The molecule has 1 aromatic rings. The van der Waals surface area contributed by atoms with E-state index < -0.39 is 0 Å². The Balaban J connectivity index is 2.78. The minimum atomic E-state index is 0.153. The van der Waals surface area contributed by atoms with E-state index in [1.54, 1.807) is 6.07 Å². The summed E-state index contributed by atoms with van der Waals surface area (Å²) >= 11 is 11.8. The molecule has 1 N–H and O–H groups in total. The molecular weight excluding hydrogens is 233 g/mol. The zero-order valence-corrected chi connectivity index (χ0v) is 10.4. The van der Waals surface area contributed by atoms with Crippen LogP contribution in [0, 0.1) is 0 Å². The normalized spacial score (nSPS) is 12.8. The van der Waals surface area contributed by atoms with Crippen molar-refractivity contribution in [3.8, 4) is 0 Å². The summed E-state index contributed by atoms with van der Waals surface area (Å²) in [5, 5.41) is 1.15. The van der Waals surface area contributed by atoms with E-state index in [1.165, 1.54) is 0 Å². The maximum Gasteiger partial charge on any atom is 0.0654 e. The lowest BCUT2D eigenvalue weighted by molar-refractivity contribution is 0.0230. The van der Waals surface area contributed by atoms with E-state index in [0.717, 1.165) is 12.0 Å². The van der Waals surface area contributed by atoms with Crippen molar-refractivity contribution in [3.63, 3.8) is 0 Å². The Bertz CT molecular complexity index is 317. The molecule has 0 saturated carbocycles. The third-order valence-corrected chi connectivity index (χ3v) is 2.86. The van der Waals surface area contributed by atoms with Crippen molar-refractivity contribution in [2.45, 2.75) is 26.3 Å². The predicted octanol–water partition coefficient (Wildman–Crippen LogP) is 3.99. The van der Waals surface area contributed by atoms with Crippen molar-refractivity contribution < 1.29 is 4.84 Å². The highest BCUT2D eigenvalue weighted by atomic mass is 35.5. The van der Waals surface area contributed by atoms with Gasteiger partial charge in [-0.05, 0) is 31.0 Å². The lowest BCUT2D eigenvalue weighted by atomic mass is 10.1. The molecule has 0 fully saturated rings. The monoisotopic (exact) mass is 247 g/mol. The molecule has 2 nitrogen and oxygen atoms in total. The summed E-state index contributed by atoms with van der Waals surface area (Å²) < 4.78 is 0. The average molecular weight is 248 g/mol. The number of halogens is 2. The third kappa shape index (κ3) is 3.65. The molecule has 0 saturated heterocycles. The fourth-order valence-corrected chi connectivity index (χ4v) is 1.61. The molecule has 84 valence electrons. The maximum absolute atomic E-state index is 5.95. The van der Waals surface area contributed by atoms with E-state index in [9.17, 15) is 0 Å². The van der Waals surface area contributed by atoms with Gasteiger partial charge in [-0.15, -0.1) is 0 Å². The SMILES string of the molecule is CCONC(CC)c1ccc(Cl)c(Cl)c1. The molecule has 0 amide bonds. The van der Waals surface area contributed by atoms with Crippen LogP contribution in [0.15, 0.2) is 18.2 Å². The number of hydrogen-bond donors (Lipinski definition) is 1. The minimum Gasteiger partial charge on any atom is -0.302 e.